The van der Waals surface area contributed by atoms with Gasteiger partial charge in [0.25, 0.3) is 0 Å². The smallest absolute Gasteiger partial charge is 0.417 e. The number of ether oxygens (including phenoxy) is 1. The van der Waals surface area contributed by atoms with Gasteiger partial charge in [0.15, 0.2) is 0 Å². The molecule has 2 fully saturated rings. The number of methoxy groups -OCH3 is 1. The first-order valence-corrected chi connectivity index (χ1v) is 13.5. The van der Waals surface area contributed by atoms with Gasteiger partial charge in [-0.1, -0.05) is 56.9 Å². The van der Waals surface area contributed by atoms with E-state index in [1.807, 2.05) is 0 Å². The van der Waals surface area contributed by atoms with Crippen LogP contribution in [0.4, 0.5) is 26.3 Å². The summed E-state index contributed by atoms with van der Waals surface area (Å²) in [6.45, 7) is 2.20. The van der Waals surface area contributed by atoms with Gasteiger partial charge in [-0.3, -0.25) is 0 Å². The highest BCUT2D eigenvalue weighted by Gasteiger charge is 2.48. The van der Waals surface area contributed by atoms with Gasteiger partial charge in [0.2, 0.25) is 0 Å². The normalized spacial score (nSPS) is 25.2. The molecule has 204 valence electrons. The molecule has 2 aliphatic rings. The summed E-state index contributed by atoms with van der Waals surface area (Å²) in [5, 5.41) is 0. The average molecular weight is 527 g/mol. The van der Waals surface area contributed by atoms with Crippen molar-refractivity contribution >= 4 is 0 Å². The quantitative estimate of drug-likeness (QED) is 0.340. The Bertz CT molecular complexity index is 1020. The van der Waals surface area contributed by atoms with Gasteiger partial charge < -0.3 is 4.74 Å². The Morgan fingerprint density at radius 3 is 1.73 bits per heavy atom. The molecule has 0 bridgehead atoms. The average Bonchev–Trinajstić information content (AvgIpc) is 2.88. The lowest BCUT2D eigenvalue weighted by atomic mass is 9.67. The van der Waals surface area contributed by atoms with Crippen LogP contribution in [0, 0.1) is 17.8 Å². The second-order valence-electron chi connectivity index (χ2n) is 10.9. The molecular weight excluding hydrogens is 490 g/mol. The van der Waals surface area contributed by atoms with Gasteiger partial charge >= 0.3 is 12.4 Å². The zero-order valence-electron chi connectivity index (χ0n) is 21.5. The van der Waals surface area contributed by atoms with E-state index < -0.39 is 35.0 Å². The molecule has 2 aromatic carbocycles. The van der Waals surface area contributed by atoms with Crippen molar-refractivity contribution in [1.29, 1.82) is 0 Å². The highest BCUT2D eigenvalue weighted by molar-refractivity contribution is 5.71. The van der Waals surface area contributed by atoms with Gasteiger partial charge in [0.1, 0.15) is 5.75 Å². The first kappa shape index (κ1) is 27.8. The molecule has 2 saturated carbocycles. The Morgan fingerprint density at radius 2 is 1.24 bits per heavy atom. The topological polar surface area (TPSA) is 9.23 Å². The number of hydrogen-bond acceptors (Lipinski definition) is 1. The number of halogens is 6. The third-order valence-corrected chi connectivity index (χ3v) is 8.67. The van der Waals surface area contributed by atoms with E-state index in [1.165, 1.54) is 82.0 Å². The molecule has 7 heteroatoms. The van der Waals surface area contributed by atoms with Gasteiger partial charge in [0, 0.05) is 0 Å². The molecule has 0 heterocycles. The zero-order chi connectivity index (χ0) is 26.8. The van der Waals surface area contributed by atoms with Gasteiger partial charge in [-0.25, -0.2) is 0 Å². The van der Waals surface area contributed by atoms with Crippen molar-refractivity contribution in [3.63, 3.8) is 0 Å². The number of benzene rings is 2. The lowest BCUT2D eigenvalue weighted by Crippen LogP contribution is -2.27. The molecule has 2 aliphatic carbocycles. The first-order valence-electron chi connectivity index (χ1n) is 13.5. The molecule has 0 N–H and O–H groups in total. The minimum Gasteiger partial charge on any atom is -0.497 e. The summed E-state index contributed by atoms with van der Waals surface area (Å²) in [6.07, 6.45) is -0.459. The summed E-state index contributed by atoms with van der Waals surface area (Å²) in [6, 6.07) is 8.14. The summed E-state index contributed by atoms with van der Waals surface area (Å²) in [7, 11) is 1.42. The fourth-order valence-corrected chi connectivity index (χ4v) is 6.83. The first-order chi connectivity index (χ1) is 17.5. The van der Waals surface area contributed by atoms with E-state index in [0.29, 0.717) is 30.4 Å². The lowest BCUT2D eigenvalue weighted by molar-refractivity contribution is -0.162. The number of alkyl halides is 6. The number of hydrogen-bond donors (Lipinski definition) is 0. The van der Waals surface area contributed by atoms with Gasteiger partial charge in [0.05, 0.1) is 18.2 Å². The molecule has 4 rings (SSSR count). The summed E-state index contributed by atoms with van der Waals surface area (Å²) in [4.78, 5) is 0. The van der Waals surface area contributed by atoms with Crippen molar-refractivity contribution in [3.8, 4) is 16.9 Å². The molecular formula is C30H36F6O. The molecule has 0 atom stereocenters. The van der Waals surface area contributed by atoms with E-state index in [9.17, 15) is 26.3 Å². The largest absolute Gasteiger partial charge is 0.497 e. The van der Waals surface area contributed by atoms with Crippen LogP contribution in [0.25, 0.3) is 11.1 Å². The lowest BCUT2D eigenvalue weighted by Gasteiger charge is -2.38. The maximum atomic E-state index is 14.4. The monoisotopic (exact) mass is 526 g/mol. The van der Waals surface area contributed by atoms with Crippen molar-refractivity contribution < 1.29 is 31.1 Å². The van der Waals surface area contributed by atoms with Crippen LogP contribution in [0.5, 0.6) is 5.75 Å². The molecule has 37 heavy (non-hydrogen) atoms. The molecule has 0 unspecified atom stereocenters. The van der Waals surface area contributed by atoms with Crippen LogP contribution in [0.2, 0.25) is 0 Å². The fraction of sp³-hybridized carbons (Fsp3) is 0.600. The van der Waals surface area contributed by atoms with E-state index >= 15 is 0 Å². The van der Waals surface area contributed by atoms with E-state index in [4.69, 9.17) is 4.74 Å². The summed E-state index contributed by atoms with van der Waals surface area (Å²) in [5.41, 5.74) is -3.69. The van der Waals surface area contributed by atoms with Crippen LogP contribution in [0.1, 0.15) is 93.7 Å². The Morgan fingerprint density at radius 1 is 0.703 bits per heavy atom. The van der Waals surface area contributed by atoms with E-state index in [1.54, 1.807) is 0 Å². The van der Waals surface area contributed by atoms with E-state index in [2.05, 4.69) is 6.92 Å². The van der Waals surface area contributed by atoms with Crippen LogP contribution in [-0.4, -0.2) is 7.11 Å². The standard InChI is InChI=1S/C30H36F6O/c1-3-4-19-5-7-20(8-6-19)21-9-11-22(12-10-21)25-17-18-26(23-13-15-24(37-2)16-14-23)28(30(34,35)36)27(25)29(31,32)33/h13-22H,3-12H2,1-2H3. The van der Waals surface area contributed by atoms with Crippen molar-refractivity contribution in [2.24, 2.45) is 17.8 Å². The third kappa shape index (κ3) is 6.28. The fourth-order valence-electron chi connectivity index (χ4n) is 6.83. The maximum Gasteiger partial charge on any atom is 0.417 e. The maximum absolute atomic E-state index is 14.4. The minimum absolute atomic E-state index is 0.0764. The van der Waals surface area contributed by atoms with Crippen molar-refractivity contribution in [2.75, 3.05) is 7.11 Å². The van der Waals surface area contributed by atoms with Crippen molar-refractivity contribution in [2.45, 2.75) is 89.4 Å². The zero-order valence-corrected chi connectivity index (χ0v) is 21.5. The Balaban J connectivity index is 1.61. The molecule has 1 nitrogen and oxygen atoms in total. The predicted molar refractivity (Wildman–Crippen MR) is 133 cm³/mol. The predicted octanol–water partition coefficient (Wildman–Crippen LogP) is 10.3. The molecule has 0 saturated heterocycles. The SMILES string of the molecule is CCCC1CCC(C2CCC(c3ccc(-c4ccc(OC)cc4)c(C(F)(F)F)c3C(F)(F)F)CC2)CC1. The van der Waals surface area contributed by atoms with E-state index in [0.717, 1.165) is 18.8 Å². The molecule has 0 spiro atoms. The Labute approximate surface area is 215 Å². The summed E-state index contributed by atoms with van der Waals surface area (Å²) in [5.74, 6) is 1.75. The second kappa shape index (κ2) is 11.3. The van der Waals surface area contributed by atoms with Gasteiger partial charge in [-0.2, -0.15) is 26.3 Å². The molecule has 0 aliphatic heterocycles. The molecule has 0 amide bonds. The molecule has 2 aromatic rings. The highest BCUT2D eigenvalue weighted by atomic mass is 19.4. The van der Waals surface area contributed by atoms with Crippen LogP contribution in [-0.2, 0) is 12.4 Å². The van der Waals surface area contributed by atoms with Crippen LogP contribution in [0.3, 0.4) is 0 Å². The highest BCUT2D eigenvalue weighted by Crippen LogP contribution is 2.51. The molecule has 0 radical (unpaired) electrons. The minimum atomic E-state index is -5.15. The third-order valence-electron chi connectivity index (χ3n) is 8.67. The number of rotatable bonds is 6. The van der Waals surface area contributed by atoms with Crippen molar-refractivity contribution in [3.05, 3.63) is 53.1 Å². The summed E-state index contributed by atoms with van der Waals surface area (Å²) < 4.78 is 91.0. The Kier molecular flexibility index (Phi) is 8.49. The summed E-state index contributed by atoms with van der Waals surface area (Å²) >= 11 is 0. The van der Waals surface area contributed by atoms with Crippen LogP contribution >= 0.6 is 0 Å². The Hall–Kier alpha value is -2.18. The van der Waals surface area contributed by atoms with Gasteiger partial charge in [-0.15, -0.1) is 0 Å². The second-order valence-corrected chi connectivity index (χ2v) is 10.9. The molecule has 0 aromatic heterocycles. The van der Waals surface area contributed by atoms with E-state index in [-0.39, 0.29) is 11.1 Å². The van der Waals surface area contributed by atoms with Crippen molar-refractivity contribution in [1.82, 2.24) is 0 Å². The van der Waals surface area contributed by atoms with Crippen LogP contribution < -0.4 is 4.74 Å². The van der Waals surface area contributed by atoms with Gasteiger partial charge in [-0.05, 0) is 91.0 Å². The van der Waals surface area contributed by atoms with Crippen LogP contribution in [0.15, 0.2) is 36.4 Å².